The van der Waals surface area contributed by atoms with Crippen molar-refractivity contribution in [1.29, 1.82) is 0 Å². The minimum Gasteiger partial charge on any atom is -0.403 e. The Hall–Kier alpha value is -0.646. The highest BCUT2D eigenvalue weighted by Gasteiger charge is 2.64. The van der Waals surface area contributed by atoms with Crippen LogP contribution in [0.3, 0.4) is 0 Å². The van der Waals surface area contributed by atoms with Gasteiger partial charge in [0.2, 0.25) is 8.32 Å². The molecule has 1 atom stereocenters. The third-order valence-corrected chi connectivity index (χ3v) is 15.7. The quantitative estimate of drug-likeness (QED) is 0.472. The number of hydrogen-bond acceptors (Lipinski definition) is 1. The molecule has 1 aliphatic rings. The van der Waals surface area contributed by atoms with Gasteiger partial charge in [-0.25, -0.2) is 0 Å². The molecule has 0 saturated carbocycles. The highest BCUT2D eigenvalue weighted by atomic mass is 28.4. The van der Waals surface area contributed by atoms with Gasteiger partial charge in [-0.05, 0) is 41.1 Å². The SMILES string of the molecule is C/C(=C1\C[Si](C(C)(C)C)(C(C)(C)C)OC1(C)c1ccccc1)[Si](C)(C)C. The fraction of sp³-hybridized carbons (Fsp3) is 0.652. The van der Waals surface area contributed by atoms with Crippen LogP contribution in [0.5, 0.6) is 0 Å². The number of benzene rings is 1. The molecule has 0 bridgehead atoms. The van der Waals surface area contributed by atoms with Crippen molar-refractivity contribution in [3.05, 3.63) is 46.7 Å². The van der Waals surface area contributed by atoms with Crippen LogP contribution in [0.2, 0.25) is 35.8 Å². The third kappa shape index (κ3) is 3.43. The zero-order valence-electron chi connectivity index (χ0n) is 19.0. The maximum Gasteiger partial charge on any atom is 0.209 e. The smallest absolute Gasteiger partial charge is 0.209 e. The van der Waals surface area contributed by atoms with Gasteiger partial charge in [-0.1, -0.05) is 96.7 Å². The van der Waals surface area contributed by atoms with E-state index in [1.54, 1.807) is 10.8 Å². The maximum absolute atomic E-state index is 7.38. The molecule has 1 saturated heterocycles. The fourth-order valence-corrected chi connectivity index (χ4v) is 12.2. The molecule has 1 fully saturated rings. The van der Waals surface area contributed by atoms with Gasteiger partial charge in [0, 0.05) is 0 Å². The van der Waals surface area contributed by atoms with E-state index in [2.05, 4.69) is 105 Å². The van der Waals surface area contributed by atoms with Crippen molar-refractivity contribution in [1.82, 2.24) is 0 Å². The van der Waals surface area contributed by atoms with Crippen LogP contribution in [-0.2, 0) is 10.0 Å². The summed E-state index contributed by atoms with van der Waals surface area (Å²) in [5, 5.41) is 2.00. The summed E-state index contributed by atoms with van der Waals surface area (Å²) in [5.41, 5.74) is 2.60. The van der Waals surface area contributed by atoms with Crippen molar-refractivity contribution < 1.29 is 4.43 Å². The van der Waals surface area contributed by atoms with Crippen molar-refractivity contribution in [3.8, 4) is 0 Å². The summed E-state index contributed by atoms with van der Waals surface area (Å²) >= 11 is 0. The number of hydrogen-bond donors (Lipinski definition) is 0. The Morgan fingerprint density at radius 1 is 0.962 bits per heavy atom. The fourth-order valence-electron chi connectivity index (χ4n) is 4.76. The number of rotatable bonds is 2. The highest BCUT2D eigenvalue weighted by molar-refractivity contribution is 6.84. The van der Waals surface area contributed by atoms with Gasteiger partial charge in [0.15, 0.2) is 0 Å². The molecule has 0 spiro atoms. The van der Waals surface area contributed by atoms with Crippen LogP contribution in [0.4, 0.5) is 0 Å². The zero-order chi connectivity index (χ0) is 20.2. The van der Waals surface area contributed by atoms with E-state index in [0.29, 0.717) is 0 Å². The van der Waals surface area contributed by atoms with E-state index in [9.17, 15) is 0 Å². The van der Waals surface area contributed by atoms with Crippen molar-refractivity contribution in [2.24, 2.45) is 0 Å². The van der Waals surface area contributed by atoms with Crippen LogP contribution in [0.15, 0.2) is 41.1 Å². The molecular formula is C23H40OSi2. The average Bonchev–Trinajstić information content (AvgIpc) is 2.82. The van der Waals surface area contributed by atoms with E-state index in [-0.39, 0.29) is 15.7 Å². The molecule has 1 heterocycles. The third-order valence-electron chi connectivity index (χ3n) is 6.71. The Morgan fingerprint density at radius 2 is 1.42 bits per heavy atom. The van der Waals surface area contributed by atoms with E-state index in [0.717, 1.165) is 6.04 Å². The van der Waals surface area contributed by atoms with Gasteiger partial charge in [-0.2, -0.15) is 0 Å². The van der Waals surface area contributed by atoms with Crippen LogP contribution >= 0.6 is 0 Å². The molecule has 0 radical (unpaired) electrons. The molecule has 1 aliphatic heterocycles. The first-order valence-electron chi connectivity index (χ1n) is 10.0. The second kappa shape index (κ2) is 6.46. The van der Waals surface area contributed by atoms with Crippen LogP contribution in [-0.4, -0.2) is 16.4 Å². The highest BCUT2D eigenvalue weighted by Crippen LogP contribution is 2.64. The predicted octanol–water partition coefficient (Wildman–Crippen LogP) is 7.67. The zero-order valence-corrected chi connectivity index (χ0v) is 21.0. The lowest BCUT2D eigenvalue weighted by atomic mass is 9.88. The summed E-state index contributed by atoms with van der Waals surface area (Å²) in [6, 6.07) is 12.1. The summed E-state index contributed by atoms with van der Waals surface area (Å²) in [6.45, 7) is 26.6. The molecule has 1 unspecified atom stereocenters. The van der Waals surface area contributed by atoms with Crippen molar-refractivity contribution in [2.45, 2.75) is 96.8 Å². The molecule has 0 amide bonds. The molecule has 3 heteroatoms. The molecule has 1 nitrogen and oxygen atoms in total. The predicted molar refractivity (Wildman–Crippen MR) is 121 cm³/mol. The monoisotopic (exact) mass is 388 g/mol. The minimum absolute atomic E-state index is 0.183. The summed E-state index contributed by atoms with van der Waals surface area (Å²) in [5.74, 6) is 0. The summed E-state index contributed by atoms with van der Waals surface area (Å²) < 4.78 is 7.38. The summed E-state index contributed by atoms with van der Waals surface area (Å²) in [4.78, 5) is 0. The first kappa shape index (κ1) is 21.7. The largest absolute Gasteiger partial charge is 0.403 e. The lowest BCUT2D eigenvalue weighted by Crippen LogP contribution is -2.53. The summed E-state index contributed by atoms with van der Waals surface area (Å²) in [7, 11) is -3.50. The van der Waals surface area contributed by atoms with Gasteiger partial charge >= 0.3 is 0 Å². The normalized spacial score (nSPS) is 26.1. The van der Waals surface area contributed by atoms with E-state index >= 15 is 0 Å². The molecule has 0 aromatic heterocycles. The van der Waals surface area contributed by atoms with Crippen molar-refractivity contribution in [3.63, 3.8) is 0 Å². The maximum atomic E-state index is 7.38. The number of allylic oxidation sites excluding steroid dienone is 1. The lowest BCUT2D eigenvalue weighted by Gasteiger charge is -2.49. The van der Waals surface area contributed by atoms with Gasteiger partial charge in [0.1, 0.15) is 0 Å². The van der Waals surface area contributed by atoms with E-state index in [4.69, 9.17) is 4.43 Å². The molecule has 146 valence electrons. The minimum atomic E-state index is -2.09. The lowest BCUT2D eigenvalue weighted by molar-refractivity contribution is 0.121. The van der Waals surface area contributed by atoms with Crippen LogP contribution in [0.25, 0.3) is 0 Å². The van der Waals surface area contributed by atoms with E-state index in [1.165, 1.54) is 5.56 Å². The standard InChI is InChI=1S/C23H40OSi2/c1-18(25(9,10)11)20-17-26(21(2,3)4,22(5,6)7)24-23(20,8)19-15-13-12-14-16-19/h12-16H,17H2,1-11H3/b20-18-. The second-order valence-electron chi connectivity index (χ2n) is 11.4. The van der Waals surface area contributed by atoms with Crippen molar-refractivity contribution in [2.75, 3.05) is 0 Å². The Labute approximate surface area is 164 Å². The summed E-state index contributed by atoms with van der Waals surface area (Å²) in [6.07, 6.45) is 0. The van der Waals surface area contributed by atoms with Gasteiger partial charge < -0.3 is 4.43 Å². The Morgan fingerprint density at radius 3 is 1.81 bits per heavy atom. The van der Waals surface area contributed by atoms with Crippen LogP contribution < -0.4 is 0 Å². The molecule has 1 aromatic rings. The Balaban J connectivity index is 2.82. The van der Waals surface area contributed by atoms with E-state index < -0.39 is 16.4 Å². The second-order valence-corrected chi connectivity index (χ2v) is 21.8. The first-order valence-corrected chi connectivity index (χ1v) is 15.6. The molecule has 26 heavy (non-hydrogen) atoms. The van der Waals surface area contributed by atoms with Gasteiger partial charge in [-0.15, -0.1) is 0 Å². The van der Waals surface area contributed by atoms with Gasteiger partial charge in [0.25, 0.3) is 0 Å². The topological polar surface area (TPSA) is 9.23 Å². The van der Waals surface area contributed by atoms with Crippen LogP contribution in [0.1, 0.15) is 61.0 Å². The Bertz CT molecular complexity index is 670. The Kier molecular flexibility index (Phi) is 5.38. The van der Waals surface area contributed by atoms with E-state index in [1.807, 2.05) is 0 Å². The molecule has 0 aliphatic carbocycles. The average molecular weight is 389 g/mol. The molecule has 0 N–H and O–H groups in total. The first-order chi connectivity index (χ1) is 11.6. The van der Waals surface area contributed by atoms with Crippen LogP contribution in [0, 0.1) is 0 Å². The van der Waals surface area contributed by atoms with Gasteiger partial charge in [-0.3, -0.25) is 0 Å². The van der Waals surface area contributed by atoms with Gasteiger partial charge in [0.05, 0.1) is 13.7 Å². The van der Waals surface area contributed by atoms with Crippen molar-refractivity contribution >= 4 is 16.4 Å². The molecule has 2 rings (SSSR count). The molecule has 1 aromatic carbocycles. The molecular weight excluding hydrogens is 348 g/mol.